The van der Waals surface area contributed by atoms with Crippen LogP contribution >= 0.6 is 22.6 Å². The molecule has 8 heteroatoms. The summed E-state index contributed by atoms with van der Waals surface area (Å²) in [6, 6.07) is 5.09. The van der Waals surface area contributed by atoms with Crippen LogP contribution in [0.15, 0.2) is 18.2 Å². The van der Waals surface area contributed by atoms with Crippen molar-refractivity contribution >= 4 is 28.7 Å². The van der Waals surface area contributed by atoms with E-state index < -0.39 is 18.4 Å². The zero-order chi connectivity index (χ0) is 20.2. The number of rotatable bonds is 5. The number of carbonyl (C=O) groups excluding carboxylic acids is 1. The van der Waals surface area contributed by atoms with Gasteiger partial charge in [0.15, 0.2) is 6.61 Å². The molecule has 27 heavy (non-hydrogen) atoms. The van der Waals surface area contributed by atoms with Gasteiger partial charge in [-0.3, -0.25) is 0 Å². The van der Waals surface area contributed by atoms with E-state index in [4.69, 9.17) is 9.47 Å². The number of carbonyl (C=O) groups is 1. The molecule has 1 fully saturated rings. The SMILES string of the molecule is CC(C)(C)OC(=O)N(Cc1ccc(OCC(F)(F)F)c(I)c1)C1CCCC1. The van der Waals surface area contributed by atoms with Crippen LogP contribution in [0.25, 0.3) is 0 Å². The Morgan fingerprint density at radius 3 is 2.37 bits per heavy atom. The van der Waals surface area contributed by atoms with Gasteiger partial charge in [-0.15, -0.1) is 0 Å². The number of hydrogen-bond donors (Lipinski definition) is 0. The molecular formula is C19H25F3INO3. The first-order chi connectivity index (χ1) is 12.4. The van der Waals surface area contributed by atoms with Crippen molar-refractivity contribution in [3.63, 3.8) is 0 Å². The Morgan fingerprint density at radius 1 is 1.22 bits per heavy atom. The van der Waals surface area contributed by atoms with Crippen LogP contribution in [0.5, 0.6) is 5.75 Å². The molecule has 2 rings (SSSR count). The zero-order valence-electron chi connectivity index (χ0n) is 15.7. The molecule has 1 aromatic rings. The van der Waals surface area contributed by atoms with Crippen molar-refractivity contribution in [3.05, 3.63) is 27.3 Å². The fourth-order valence-electron chi connectivity index (χ4n) is 3.00. The van der Waals surface area contributed by atoms with E-state index in [1.54, 1.807) is 17.0 Å². The molecule has 0 radical (unpaired) electrons. The summed E-state index contributed by atoms with van der Waals surface area (Å²) in [6.45, 7) is 4.51. The molecule has 0 bridgehead atoms. The first-order valence-corrected chi connectivity index (χ1v) is 10.00. The summed E-state index contributed by atoms with van der Waals surface area (Å²) < 4.78 is 48.0. The fourth-order valence-corrected chi connectivity index (χ4v) is 3.73. The number of ether oxygens (including phenoxy) is 2. The molecule has 1 saturated carbocycles. The van der Waals surface area contributed by atoms with Crippen molar-refractivity contribution in [3.8, 4) is 5.75 Å². The average Bonchev–Trinajstić information content (AvgIpc) is 3.03. The Kier molecular flexibility index (Phi) is 7.27. The molecule has 0 spiro atoms. The summed E-state index contributed by atoms with van der Waals surface area (Å²) in [6.07, 6.45) is -0.719. The highest BCUT2D eigenvalue weighted by molar-refractivity contribution is 14.1. The first-order valence-electron chi connectivity index (χ1n) is 8.92. The Bertz CT molecular complexity index is 653. The summed E-state index contributed by atoms with van der Waals surface area (Å²) in [5.74, 6) is 0.182. The van der Waals surface area contributed by atoms with E-state index in [1.807, 2.05) is 43.4 Å². The molecule has 0 aromatic heterocycles. The van der Waals surface area contributed by atoms with Gasteiger partial charge in [0.2, 0.25) is 0 Å². The monoisotopic (exact) mass is 499 g/mol. The lowest BCUT2D eigenvalue weighted by Gasteiger charge is -2.31. The van der Waals surface area contributed by atoms with Crippen molar-refractivity contribution in [1.29, 1.82) is 0 Å². The van der Waals surface area contributed by atoms with Crippen molar-refractivity contribution < 1.29 is 27.4 Å². The topological polar surface area (TPSA) is 38.8 Å². The molecular weight excluding hydrogens is 474 g/mol. The molecule has 1 aromatic carbocycles. The van der Waals surface area contributed by atoms with Gasteiger partial charge in [-0.2, -0.15) is 13.2 Å². The maximum absolute atomic E-state index is 12.7. The molecule has 0 N–H and O–H groups in total. The third-order valence-corrected chi connectivity index (χ3v) is 4.98. The second-order valence-electron chi connectivity index (χ2n) is 7.72. The molecule has 0 atom stereocenters. The van der Waals surface area contributed by atoms with Crippen LogP contribution in [-0.2, 0) is 11.3 Å². The quantitative estimate of drug-likeness (QED) is 0.473. The Labute approximate surface area is 171 Å². The highest BCUT2D eigenvalue weighted by Crippen LogP contribution is 2.29. The van der Waals surface area contributed by atoms with Crippen LogP contribution in [0.2, 0.25) is 0 Å². The van der Waals surface area contributed by atoms with Gasteiger partial charge >= 0.3 is 12.3 Å². The van der Waals surface area contributed by atoms with Gasteiger partial charge in [0, 0.05) is 12.6 Å². The average molecular weight is 499 g/mol. The van der Waals surface area contributed by atoms with Crippen molar-refractivity contribution in [2.75, 3.05) is 6.61 Å². The van der Waals surface area contributed by atoms with E-state index in [1.165, 1.54) is 6.07 Å². The van der Waals surface area contributed by atoms with Crippen LogP contribution in [0.1, 0.15) is 52.0 Å². The zero-order valence-corrected chi connectivity index (χ0v) is 17.9. The normalized spacial score (nSPS) is 15.7. The van der Waals surface area contributed by atoms with Gasteiger partial charge in [0.25, 0.3) is 0 Å². The third kappa shape index (κ3) is 7.38. The molecule has 0 aliphatic heterocycles. The molecule has 0 unspecified atom stereocenters. The lowest BCUT2D eigenvalue weighted by Crippen LogP contribution is -2.41. The fraction of sp³-hybridized carbons (Fsp3) is 0.632. The van der Waals surface area contributed by atoms with Crippen molar-refractivity contribution in [2.24, 2.45) is 0 Å². The minimum Gasteiger partial charge on any atom is -0.483 e. The van der Waals surface area contributed by atoms with Gasteiger partial charge in [-0.1, -0.05) is 18.9 Å². The standard InChI is InChI=1S/C19H25F3INO3/c1-18(2,3)27-17(25)24(14-6-4-5-7-14)11-13-8-9-16(15(23)10-13)26-12-19(20,21)22/h8-10,14H,4-7,11-12H2,1-3H3. The molecule has 0 saturated heterocycles. The number of benzene rings is 1. The van der Waals surface area contributed by atoms with Gasteiger partial charge in [0.05, 0.1) is 3.57 Å². The summed E-state index contributed by atoms with van der Waals surface area (Å²) in [7, 11) is 0. The smallest absolute Gasteiger partial charge is 0.422 e. The Morgan fingerprint density at radius 2 is 1.85 bits per heavy atom. The number of halogens is 4. The lowest BCUT2D eigenvalue weighted by molar-refractivity contribution is -0.153. The van der Waals surface area contributed by atoms with Crippen molar-refractivity contribution in [1.82, 2.24) is 4.90 Å². The number of alkyl halides is 3. The van der Waals surface area contributed by atoms with E-state index in [9.17, 15) is 18.0 Å². The molecule has 1 aliphatic carbocycles. The van der Waals surface area contributed by atoms with Gasteiger partial charge in [-0.25, -0.2) is 4.79 Å². The van der Waals surface area contributed by atoms with Crippen LogP contribution in [-0.4, -0.2) is 35.4 Å². The maximum Gasteiger partial charge on any atom is 0.422 e. The summed E-state index contributed by atoms with van der Waals surface area (Å²) >= 11 is 1.95. The predicted molar refractivity (Wildman–Crippen MR) is 105 cm³/mol. The lowest BCUT2D eigenvalue weighted by atomic mass is 10.1. The first kappa shape index (κ1) is 22.1. The second-order valence-corrected chi connectivity index (χ2v) is 8.88. The Balaban J connectivity index is 2.12. The summed E-state index contributed by atoms with van der Waals surface area (Å²) in [5.41, 5.74) is 0.244. The maximum atomic E-state index is 12.7. The van der Waals surface area contributed by atoms with Gasteiger partial charge in [-0.05, 0) is 73.9 Å². The Hall–Kier alpha value is -1.19. The van der Waals surface area contributed by atoms with Gasteiger partial charge in [0.1, 0.15) is 11.4 Å². The number of hydrogen-bond acceptors (Lipinski definition) is 3. The van der Waals surface area contributed by atoms with Crippen LogP contribution in [0.3, 0.4) is 0 Å². The minimum atomic E-state index is -4.38. The van der Waals surface area contributed by atoms with E-state index in [0.29, 0.717) is 10.1 Å². The molecule has 1 aliphatic rings. The van der Waals surface area contributed by atoms with E-state index in [-0.39, 0.29) is 17.9 Å². The highest BCUT2D eigenvalue weighted by atomic mass is 127. The highest BCUT2D eigenvalue weighted by Gasteiger charge is 2.31. The minimum absolute atomic E-state index is 0.124. The van der Waals surface area contributed by atoms with E-state index in [2.05, 4.69) is 0 Å². The van der Waals surface area contributed by atoms with Gasteiger partial charge < -0.3 is 14.4 Å². The van der Waals surface area contributed by atoms with E-state index >= 15 is 0 Å². The summed E-state index contributed by atoms with van der Waals surface area (Å²) in [4.78, 5) is 14.4. The van der Waals surface area contributed by atoms with E-state index in [0.717, 1.165) is 31.2 Å². The van der Waals surface area contributed by atoms with Crippen LogP contribution in [0.4, 0.5) is 18.0 Å². The summed E-state index contributed by atoms with van der Waals surface area (Å²) in [5, 5.41) is 0. The molecule has 152 valence electrons. The molecule has 4 nitrogen and oxygen atoms in total. The van der Waals surface area contributed by atoms with Crippen LogP contribution in [0, 0.1) is 3.57 Å². The molecule has 1 amide bonds. The second kappa shape index (κ2) is 8.87. The van der Waals surface area contributed by atoms with Crippen molar-refractivity contribution in [2.45, 2.75) is 70.8 Å². The molecule has 0 heterocycles. The number of nitrogens with zero attached hydrogens (tertiary/aromatic N) is 1. The number of amides is 1. The largest absolute Gasteiger partial charge is 0.483 e. The predicted octanol–water partition coefficient (Wildman–Crippen LogP) is 5.91. The third-order valence-electron chi connectivity index (χ3n) is 4.13. The van der Waals surface area contributed by atoms with Crippen LogP contribution < -0.4 is 4.74 Å².